The summed E-state index contributed by atoms with van der Waals surface area (Å²) >= 11 is 27.0. The van der Waals surface area contributed by atoms with E-state index in [1.165, 1.54) is 41.9 Å². The van der Waals surface area contributed by atoms with E-state index < -0.39 is 11.9 Å². The lowest BCUT2D eigenvalue weighted by molar-refractivity contribution is 0.0599. The minimum atomic E-state index is -1.01. The molecular weight excluding hydrogens is 926 g/mol. The molecule has 0 fully saturated rings. The highest BCUT2D eigenvalue weighted by Crippen LogP contribution is 2.31. The molecule has 318 valence electrons. The van der Waals surface area contributed by atoms with Crippen molar-refractivity contribution in [3.05, 3.63) is 174 Å². The molecule has 0 radical (unpaired) electrons. The fourth-order valence-electron chi connectivity index (χ4n) is 5.61. The van der Waals surface area contributed by atoms with Crippen LogP contribution in [0.1, 0.15) is 20.7 Å². The van der Waals surface area contributed by atoms with Crippen molar-refractivity contribution >= 4 is 92.4 Å². The van der Waals surface area contributed by atoms with Crippen molar-refractivity contribution in [3.8, 4) is 44.1 Å². The van der Waals surface area contributed by atoms with E-state index in [0.717, 1.165) is 21.1 Å². The second kappa shape index (κ2) is 20.3. The Morgan fingerprint density at radius 1 is 0.556 bits per heavy atom. The van der Waals surface area contributed by atoms with Crippen molar-refractivity contribution in [2.24, 2.45) is 24.1 Å². The third-order valence-corrected chi connectivity index (χ3v) is 12.2. The average Bonchev–Trinajstić information content (AvgIpc) is 3.84. The van der Waals surface area contributed by atoms with Crippen molar-refractivity contribution in [2.75, 3.05) is 7.11 Å². The number of esters is 1. The largest absolute Gasteiger partial charge is 0.478 e. The topological polar surface area (TPSA) is 142 Å². The number of hydrogen-bond donors (Lipinski definition) is 1. The maximum atomic E-state index is 11.7. The van der Waals surface area contributed by atoms with Gasteiger partial charge in [-0.05, 0) is 97.1 Å². The molecule has 2 aromatic heterocycles. The molecular formula is C45H32Cl4N6O6S2. The van der Waals surface area contributed by atoms with Gasteiger partial charge in [-0.1, -0.05) is 105 Å². The summed E-state index contributed by atoms with van der Waals surface area (Å²) in [5.41, 5.74) is 3.67. The second-order valence-corrected chi connectivity index (χ2v) is 16.7. The van der Waals surface area contributed by atoms with Crippen LogP contribution in [0.4, 0.5) is 11.4 Å². The Morgan fingerprint density at radius 2 is 0.968 bits per heavy atom. The summed E-state index contributed by atoms with van der Waals surface area (Å²) < 4.78 is 19.9. The number of ether oxygens (including phenoxy) is 3. The molecule has 0 spiro atoms. The van der Waals surface area contributed by atoms with Crippen LogP contribution in [0.5, 0.6) is 23.0 Å². The van der Waals surface area contributed by atoms with Gasteiger partial charge in [-0.15, -0.1) is 0 Å². The molecule has 0 aliphatic heterocycles. The van der Waals surface area contributed by atoms with Crippen LogP contribution in [0.15, 0.2) is 143 Å². The van der Waals surface area contributed by atoms with Crippen LogP contribution in [-0.4, -0.2) is 43.7 Å². The first-order valence-electron chi connectivity index (χ1n) is 18.5. The van der Waals surface area contributed by atoms with E-state index in [4.69, 9.17) is 65.7 Å². The molecule has 18 heteroatoms. The summed E-state index contributed by atoms with van der Waals surface area (Å²) in [7, 11) is 4.98. The Morgan fingerprint density at radius 3 is 1.40 bits per heavy atom. The quantitative estimate of drug-likeness (QED) is 0.134. The van der Waals surface area contributed by atoms with Gasteiger partial charge in [0, 0.05) is 25.2 Å². The van der Waals surface area contributed by atoms with Gasteiger partial charge in [-0.25, -0.2) is 28.9 Å². The van der Waals surface area contributed by atoms with E-state index in [-0.39, 0.29) is 5.56 Å². The van der Waals surface area contributed by atoms with Gasteiger partial charge in [0.1, 0.15) is 33.0 Å². The van der Waals surface area contributed by atoms with Gasteiger partial charge in [-0.2, -0.15) is 10.2 Å². The summed E-state index contributed by atoms with van der Waals surface area (Å²) in [4.78, 5) is 33.5. The van der Waals surface area contributed by atoms with Crippen molar-refractivity contribution < 1.29 is 28.9 Å². The van der Waals surface area contributed by atoms with Crippen molar-refractivity contribution in [3.63, 3.8) is 0 Å². The zero-order valence-electron chi connectivity index (χ0n) is 33.2. The van der Waals surface area contributed by atoms with Crippen LogP contribution in [0.25, 0.3) is 21.1 Å². The van der Waals surface area contributed by atoms with Crippen molar-refractivity contribution in [1.82, 2.24) is 19.6 Å². The van der Waals surface area contributed by atoms with Crippen LogP contribution in [-0.2, 0) is 18.8 Å². The Kier molecular flexibility index (Phi) is 14.4. The third kappa shape index (κ3) is 11.6. The van der Waals surface area contributed by atoms with E-state index in [0.29, 0.717) is 69.6 Å². The van der Waals surface area contributed by atoms with Crippen LogP contribution in [0, 0.1) is 0 Å². The summed E-state index contributed by atoms with van der Waals surface area (Å²) in [6, 6.07) is 38.5. The average molecular weight is 959 g/mol. The van der Waals surface area contributed by atoms with Gasteiger partial charge >= 0.3 is 11.9 Å². The van der Waals surface area contributed by atoms with E-state index in [1.54, 1.807) is 88.2 Å². The molecule has 63 heavy (non-hydrogen) atoms. The highest BCUT2D eigenvalue weighted by Gasteiger charge is 2.12. The molecule has 0 bridgehead atoms. The van der Waals surface area contributed by atoms with E-state index in [9.17, 15) is 9.59 Å². The van der Waals surface area contributed by atoms with Crippen LogP contribution < -0.4 is 19.1 Å². The Bertz CT molecular complexity index is 3130. The molecule has 0 aliphatic rings. The van der Waals surface area contributed by atoms with Crippen LogP contribution >= 0.6 is 69.1 Å². The number of carbonyl (C=O) groups excluding carboxylic acids is 1. The molecule has 0 saturated heterocycles. The molecule has 2 heterocycles. The van der Waals surface area contributed by atoms with Gasteiger partial charge in [0.15, 0.2) is 0 Å². The standard InChI is InChI=1S/C23H17Cl2N3O3S.C22H15Cl2N3O3S/c1-28-23(26-16-9-10-19(24)20(25)13-16)32-21(27-28)14-5-3-7-17(11-14)31-18-8-4-6-15(12-18)22(29)30-2;1-27-22(25-15-8-9-18(23)19(24)12-15)31-20(26-27)13-4-2-6-16(10-13)30-17-7-3-5-14(11-17)21(28)29/h3-13H,1-2H3;2-12H,1H3,(H,28,29). The number of benzene rings is 6. The monoisotopic (exact) mass is 956 g/mol. The molecule has 0 amide bonds. The maximum absolute atomic E-state index is 11.7. The van der Waals surface area contributed by atoms with Crippen molar-refractivity contribution in [2.45, 2.75) is 0 Å². The lowest BCUT2D eigenvalue weighted by Crippen LogP contribution is -2.10. The number of aryl methyl sites for hydroxylation is 2. The maximum Gasteiger partial charge on any atom is 0.337 e. The number of halogens is 4. The number of rotatable bonds is 10. The number of carboxylic acids is 1. The zero-order valence-corrected chi connectivity index (χ0v) is 37.9. The summed E-state index contributed by atoms with van der Waals surface area (Å²) in [6.07, 6.45) is 0. The molecule has 0 saturated carbocycles. The van der Waals surface area contributed by atoms with Gasteiger partial charge in [0.05, 0.1) is 49.7 Å². The Hall–Kier alpha value is -6.26. The number of carbonyl (C=O) groups is 2. The second-order valence-electron chi connectivity index (χ2n) is 13.2. The molecule has 0 unspecified atom stereocenters. The zero-order chi connectivity index (χ0) is 44.6. The lowest BCUT2D eigenvalue weighted by Gasteiger charge is -2.08. The molecule has 1 N–H and O–H groups in total. The normalized spacial score (nSPS) is 11.5. The molecule has 6 aromatic carbocycles. The number of methoxy groups -OCH3 is 1. The first kappa shape index (κ1) is 44.8. The molecule has 8 aromatic rings. The number of hydrogen-bond acceptors (Lipinski definition) is 11. The van der Waals surface area contributed by atoms with Gasteiger partial charge in [0.2, 0.25) is 9.60 Å². The fraction of sp³-hybridized carbons (Fsp3) is 0.0667. The van der Waals surface area contributed by atoms with Crippen LogP contribution in [0.2, 0.25) is 20.1 Å². The Balaban J connectivity index is 0.000000189. The number of nitrogens with zero attached hydrogens (tertiary/aromatic N) is 6. The minimum absolute atomic E-state index is 0.161. The smallest absolute Gasteiger partial charge is 0.337 e. The van der Waals surface area contributed by atoms with Crippen molar-refractivity contribution in [1.29, 1.82) is 0 Å². The predicted molar refractivity (Wildman–Crippen MR) is 248 cm³/mol. The van der Waals surface area contributed by atoms with E-state index >= 15 is 0 Å². The predicted octanol–water partition coefficient (Wildman–Crippen LogP) is 12.4. The van der Waals surface area contributed by atoms with Gasteiger partial charge in [-0.3, -0.25) is 0 Å². The van der Waals surface area contributed by atoms with Crippen LogP contribution in [0.3, 0.4) is 0 Å². The first-order valence-corrected chi connectivity index (χ1v) is 21.6. The summed E-state index contributed by atoms with van der Waals surface area (Å²) in [5, 5.41) is 21.6. The highest BCUT2D eigenvalue weighted by atomic mass is 35.5. The molecule has 0 aliphatic carbocycles. The fourth-order valence-corrected chi connectivity index (χ4v) is 8.01. The highest BCUT2D eigenvalue weighted by molar-refractivity contribution is 7.12. The number of aromatic carboxylic acids is 1. The van der Waals surface area contributed by atoms with E-state index in [1.807, 2.05) is 56.6 Å². The Labute approximate surface area is 388 Å². The molecule has 12 nitrogen and oxygen atoms in total. The SMILES string of the molecule is COC(=O)c1cccc(Oc2cccc(-c3nn(C)c(=Nc4ccc(Cl)c(Cl)c4)s3)c2)c1.Cn1nc(-c2cccc(Oc3cccc(C(=O)O)c3)c2)sc1=Nc1ccc(Cl)c(Cl)c1. The van der Waals surface area contributed by atoms with E-state index in [2.05, 4.69) is 20.2 Å². The summed E-state index contributed by atoms with van der Waals surface area (Å²) in [6.45, 7) is 0. The lowest BCUT2D eigenvalue weighted by atomic mass is 10.2. The third-order valence-electron chi connectivity index (χ3n) is 8.64. The van der Waals surface area contributed by atoms with Gasteiger partial charge < -0.3 is 19.3 Å². The minimum Gasteiger partial charge on any atom is -0.478 e. The molecule has 0 atom stereocenters. The molecule has 8 rings (SSSR count). The number of aromatic nitrogens is 4. The van der Waals surface area contributed by atoms with Gasteiger partial charge in [0.25, 0.3) is 0 Å². The number of carboxylic acid groups (broad SMARTS) is 1. The summed E-state index contributed by atoms with van der Waals surface area (Å²) in [5.74, 6) is 0.735. The first-order chi connectivity index (χ1) is 30.3.